The fourth-order valence-electron chi connectivity index (χ4n) is 2.97. The van der Waals surface area contributed by atoms with Gasteiger partial charge in [0.25, 0.3) is 5.79 Å². The van der Waals surface area contributed by atoms with Crippen LogP contribution in [0.1, 0.15) is 78.6 Å². The maximum Gasteiger partial charge on any atom is 0.338 e. The second-order valence-corrected chi connectivity index (χ2v) is 7.40. The van der Waals surface area contributed by atoms with Crippen molar-refractivity contribution in [1.82, 2.24) is 0 Å². The molecule has 3 unspecified atom stereocenters. The van der Waals surface area contributed by atoms with Crippen molar-refractivity contribution in [1.29, 1.82) is 0 Å². The van der Waals surface area contributed by atoms with E-state index in [1.807, 2.05) is 6.08 Å². The molecule has 0 spiro atoms. The summed E-state index contributed by atoms with van der Waals surface area (Å²) in [5.74, 6) is 8.93. The molecule has 1 rings (SSSR count). The summed E-state index contributed by atoms with van der Waals surface area (Å²) in [5.41, 5.74) is 0. The van der Waals surface area contributed by atoms with E-state index in [-0.39, 0.29) is 0 Å². The first kappa shape index (κ1) is 25.2. The number of hydrogen-bond donors (Lipinski definition) is 0. The maximum absolute atomic E-state index is 12.2. The van der Waals surface area contributed by atoms with Crippen LogP contribution in [0.15, 0.2) is 12.2 Å². The molecule has 1 fully saturated rings. The first-order valence-electron chi connectivity index (χ1n) is 10.6. The predicted molar refractivity (Wildman–Crippen MR) is 114 cm³/mol. The van der Waals surface area contributed by atoms with Crippen molar-refractivity contribution in [2.75, 3.05) is 14.2 Å². The van der Waals surface area contributed by atoms with Gasteiger partial charge in [0.2, 0.25) is 5.79 Å². The number of rotatable bonds is 11. The highest BCUT2D eigenvalue weighted by molar-refractivity contribution is 5.75. The van der Waals surface area contributed by atoms with Gasteiger partial charge in [0.05, 0.1) is 0 Å². The van der Waals surface area contributed by atoms with Crippen LogP contribution in [0, 0.1) is 23.7 Å². The monoisotopic (exact) mass is 404 g/mol. The number of ether oxygens (including phenoxy) is 4. The van der Waals surface area contributed by atoms with Crippen LogP contribution in [-0.2, 0) is 23.7 Å². The molecular weight excluding hydrogens is 368 g/mol. The van der Waals surface area contributed by atoms with Crippen LogP contribution in [-0.4, -0.2) is 37.9 Å². The largest absolute Gasteiger partial charge is 0.425 e. The average Bonchev–Trinajstić information content (AvgIpc) is 2.71. The smallest absolute Gasteiger partial charge is 0.338 e. The normalized spacial score (nSPS) is 26.4. The summed E-state index contributed by atoms with van der Waals surface area (Å²) < 4.78 is 22.1. The Balaban J connectivity index is 2.24. The Hall–Kier alpha value is -1.79. The van der Waals surface area contributed by atoms with E-state index in [4.69, 9.17) is 18.9 Å². The molecule has 0 bridgehead atoms. The van der Waals surface area contributed by atoms with Crippen LogP contribution in [0.5, 0.6) is 0 Å². The summed E-state index contributed by atoms with van der Waals surface area (Å²) in [6, 6.07) is 0. The third kappa shape index (κ3) is 8.23. The van der Waals surface area contributed by atoms with Crippen LogP contribution in [0.4, 0.5) is 0 Å². The molecule has 0 aromatic rings. The number of carbonyl (C=O) groups is 1. The summed E-state index contributed by atoms with van der Waals surface area (Å²) in [7, 11) is 2.98. The Bertz CT molecular complexity index is 648. The molecule has 0 aliphatic carbocycles. The molecule has 1 heterocycles. The van der Waals surface area contributed by atoms with Gasteiger partial charge in [0, 0.05) is 27.6 Å². The van der Waals surface area contributed by atoms with E-state index in [1.165, 1.54) is 27.1 Å². The fraction of sp³-hybridized carbons (Fsp3) is 0.708. The minimum Gasteiger partial charge on any atom is -0.425 e. The number of esters is 1. The predicted octanol–water partition coefficient (Wildman–Crippen LogP) is 4.75. The minimum atomic E-state index is -1.26. The Labute approximate surface area is 176 Å². The van der Waals surface area contributed by atoms with Gasteiger partial charge in [-0.3, -0.25) is 0 Å². The second-order valence-electron chi connectivity index (χ2n) is 7.40. The lowest BCUT2D eigenvalue weighted by molar-refractivity contribution is -0.406. The molecule has 0 amide bonds. The van der Waals surface area contributed by atoms with Gasteiger partial charge in [-0.25, -0.2) is 4.79 Å². The van der Waals surface area contributed by atoms with E-state index in [0.717, 1.165) is 38.5 Å². The highest BCUT2D eigenvalue weighted by Crippen LogP contribution is 2.38. The molecule has 0 radical (unpaired) electrons. The summed E-state index contributed by atoms with van der Waals surface area (Å²) >= 11 is 0. The van der Waals surface area contributed by atoms with Crippen LogP contribution in [0.25, 0.3) is 0 Å². The number of allylic oxidation sites excluding steroid dienone is 2. The van der Waals surface area contributed by atoms with Gasteiger partial charge in [-0.2, -0.15) is 0 Å². The molecular formula is C24H36O5. The third-order valence-electron chi connectivity index (χ3n) is 5.20. The molecule has 3 atom stereocenters. The summed E-state index contributed by atoms with van der Waals surface area (Å²) in [4.78, 5) is 12.2. The Kier molecular flexibility index (Phi) is 11.7. The van der Waals surface area contributed by atoms with Gasteiger partial charge in [-0.15, -0.1) is 0 Å². The Morgan fingerprint density at radius 1 is 1.03 bits per heavy atom. The quantitative estimate of drug-likeness (QED) is 0.283. The molecule has 1 aliphatic heterocycles. The van der Waals surface area contributed by atoms with Gasteiger partial charge < -0.3 is 18.9 Å². The average molecular weight is 405 g/mol. The lowest BCUT2D eigenvalue weighted by atomic mass is 10.0. The number of hydrogen-bond acceptors (Lipinski definition) is 5. The van der Waals surface area contributed by atoms with Crippen LogP contribution >= 0.6 is 0 Å². The summed E-state index contributed by atoms with van der Waals surface area (Å²) in [6.07, 6.45) is 12.2. The Morgan fingerprint density at radius 2 is 1.79 bits per heavy atom. The van der Waals surface area contributed by atoms with Gasteiger partial charge >= 0.3 is 5.97 Å². The first-order valence-corrected chi connectivity index (χ1v) is 10.6. The van der Waals surface area contributed by atoms with E-state index in [9.17, 15) is 4.79 Å². The molecule has 5 heteroatoms. The standard InChI is InChI=1S/C24H36O5/c1-6-7-8-9-10-11-12-13-14-15-16-17-18-19-20-21-22(25)29-24(3,27-5)23(2,26-4)28-21/h14-15,21H,6-9,16-20H2,1-5H3. The van der Waals surface area contributed by atoms with E-state index >= 15 is 0 Å². The van der Waals surface area contributed by atoms with E-state index in [1.54, 1.807) is 13.8 Å². The molecule has 1 saturated heterocycles. The van der Waals surface area contributed by atoms with Crippen molar-refractivity contribution in [2.45, 2.75) is 96.2 Å². The molecule has 29 heavy (non-hydrogen) atoms. The lowest BCUT2D eigenvalue weighted by Crippen LogP contribution is -2.64. The molecule has 1 aliphatic rings. The summed E-state index contributed by atoms with van der Waals surface area (Å²) in [5, 5.41) is 0. The molecule has 162 valence electrons. The highest BCUT2D eigenvalue weighted by Gasteiger charge is 2.57. The number of cyclic esters (lactones) is 1. The molecule has 0 aromatic heterocycles. The van der Waals surface area contributed by atoms with Crippen molar-refractivity contribution in [3.05, 3.63) is 12.2 Å². The van der Waals surface area contributed by atoms with Gasteiger partial charge in [-0.05, 0) is 50.5 Å². The maximum atomic E-state index is 12.2. The molecule has 5 nitrogen and oxygen atoms in total. The number of methoxy groups -OCH3 is 2. The first-order chi connectivity index (χ1) is 13.9. The summed E-state index contributed by atoms with van der Waals surface area (Å²) in [6.45, 7) is 5.54. The second kappa shape index (κ2) is 13.4. The molecule has 0 aromatic carbocycles. The van der Waals surface area contributed by atoms with Crippen LogP contribution in [0.2, 0.25) is 0 Å². The fourth-order valence-corrected chi connectivity index (χ4v) is 2.97. The zero-order valence-electron chi connectivity index (χ0n) is 18.6. The third-order valence-corrected chi connectivity index (χ3v) is 5.20. The van der Waals surface area contributed by atoms with Crippen molar-refractivity contribution in [3.63, 3.8) is 0 Å². The minimum absolute atomic E-state index is 0.408. The highest BCUT2D eigenvalue weighted by atomic mass is 16.8. The van der Waals surface area contributed by atoms with Gasteiger partial charge in [-0.1, -0.05) is 50.5 Å². The molecule has 0 saturated carbocycles. The van der Waals surface area contributed by atoms with Crippen LogP contribution < -0.4 is 0 Å². The lowest BCUT2D eigenvalue weighted by Gasteiger charge is -2.47. The zero-order valence-corrected chi connectivity index (χ0v) is 18.6. The van der Waals surface area contributed by atoms with Gasteiger partial charge in [0.1, 0.15) is 0 Å². The topological polar surface area (TPSA) is 54.0 Å². The van der Waals surface area contributed by atoms with E-state index in [2.05, 4.69) is 36.7 Å². The van der Waals surface area contributed by atoms with Crippen LogP contribution in [0.3, 0.4) is 0 Å². The van der Waals surface area contributed by atoms with Crippen molar-refractivity contribution in [3.8, 4) is 23.7 Å². The van der Waals surface area contributed by atoms with Crippen molar-refractivity contribution in [2.24, 2.45) is 0 Å². The molecule has 0 N–H and O–H groups in total. The zero-order chi connectivity index (χ0) is 21.6. The van der Waals surface area contributed by atoms with Crippen molar-refractivity contribution >= 4 is 5.97 Å². The number of carbonyl (C=O) groups excluding carboxylic acids is 1. The van der Waals surface area contributed by atoms with E-state index < -0.39 is 23.6 Å². The Morgan fingerprint density at radius 3 is 2.48 bits per heavy atom. The SMILES string of the molecule is CCCCCC#CC#CC=CCCCCCC1OC(C)(OC)C(C)(OC)OC1=O. The van der Waals surface area contributed by atoms with E-state index in [0.29, 0.717) is 6.42 Å². The number of unbranched alkanes of at least 4 members (excludes halogenated alkanes) is 6. The van der Waals surface area contributed by atoms with Gasteiger partial charge in [0.15, 0.2) is 6.10 Å². The van der Waals surface area contributed by atoms with Crippen molar-refractivity contribution < 1.29 is 23.7 Å².